The molecule has 152 valence electrons. The SMILES string of the molecule is CCOC(=O)CCC(=O)N(Cc1nc2cc(F)cc(F)c2s1)c1ccc(Cl)cc1. The summed E-state index contributed by atoms with van der Waals surface area (Å²) in [5, 5.41) is 0.939. The number of esters is 1. The normalized spacial score (nSPS) is 10.9. The van der Waals surface area contributed by atoms with Crippen LogP contribution in [0.2, 0.25) is 5.02 Å². The number of hydrogen-bond acceptors (Lipinski definition) is 5. The van der Waals surface area contributed by atoms with Gasteiger partial charge in [0.05, 0.1) is 29.8 Å². The van der Waals surface area contributed by atoms with Gasteiger partial charge in [-0.3, -0.25) is 9.59 Å². The number of carbonyl (C=O) groups is 2. The number of aromatic nitrogens is 1. The first-order chi connectivity index (χ1) is 13.9. The summed E-state index contributed by atoms with van der Waals surface area (Å²) in [7, 11) is 0. The molecule has 0 unspecified atom stereocenters. The van der Waals surface area contributed by atoms with E-state index >= 15 is 0 Å². The Kier molecular flexibility index (Phi) is 6.76. The van der Waals surface area contributed by atoms with Gasteiger partial charge in [0, 0.05) is 29.3 Å². The van der Waals surface area contributed by atoms with E-state index in [0.29, 0.717) is 15.7 Å². The van der Waals surface area contributed by atoms with Gasteiger partial charge in [0.2, 0.25) is 5.91 Å². The summed E-state index contributed by atoms with van der Waals surface area (Å²) in [6.07, 6.45) is -0.119. The number of benzene rings is 2. The molecule has 0 N–H and O–H groups in total. The number of fused-ring (bicyclic) bond motifs is 1. The summed E-state index contributed by atoms with van der Waals surface area (Å²) >= 11 is 6.97. The third kappa shape index (κ3) is 5.27. The molecule has 0 aliphatic heterocycles. The van der Waals surface area contributed by atoms with E-state index in [1.54, 1.807) is 31.2 Å². The maximum atomic E-state index is 14.0. The monoisotopic (exact) mass is 438 g/mol. The Labute approximate surface area is 174 Å². The molecule has 1 aromatic heterocycles. The molecule has 0 saturated heterocycles. The molecule has 1 amide bonds. The van der Waals surface area contributed by atoms with Gasteiger partial charge in [0.15, 0.2) is 0 Å². The van der Waals surface area contributed by atoms with Crippen LogP contribution in [0.5, 0.6) is 0 Å². The number of halogens is 3. The molecule has 0 aliphatic carbocycles. The second kappa shape index (κ2) is 9.28. The minimum absolute atomic E-state index is 0.0453. The van der Waals surface area contributed by atoms with E-state index in [2.05, 4.69) is 4.98 Å². The molecule has 0 spiro atoms. The van der Waals surface area contributed by atoms with Crippen LogP contribution in [0, 0.1) is 11.6 Å². The summed E-state index contributed by atoms with van der Waals surface area (Å²) in [6, 6.07) is 8.54. The summed E-state index contributed by atoms with van der Waals surface area (Å²) in [4.78, 5) is 30.1. The summed E-state index contributed by atoms with van der Waals surface area (Å²) in [5.74, 6) is -2.21. The summed E-state index contributed by atoms with van der Waals surface area (Å²) in [5.41, 5.74) is 0.742. The molecular weight excluding hydrogens is 422 g/mol. The van der Waals surface area contributed by atoms with Gasteiger partial charge in [-0.2, -0.15) is 0 Å². The molecule has 0 saturated carbocycles. The minimum atomic E-state index is -0.716. The predicted octanol–water partition coefficient (Wildman–Crippen LogP) is 5.10. The van der Waals surface area contributed by atoms with Crippen LogP contribution in [0.25, 0.3) is 10.2 Å². The lowest BCUT2D eigenvalue weighted by molar-refractivity contribution is -0.144. The maximum absolute atomic E-state index is 14.0. The molecule has 5 nitrogen and oxygen atoms in total. The van der Waals surface area contributed by atoms with Gasteiger partial charge in [-0.05, 0) is 31.2 Å². The van der Waals surface area contributed by atoms with Crippen molar-refractivity contribution in [3.8, 4) is 0 Å². The average molecular weight is 439 g/mol. The van der Waals surface area contributed by atoms with Gasteiger partial charge in [0.25, 0.3) is 0 Å². The first-order valence-corrected chi connectivity index (χ1v) is 10.0. The molecule has 0 atom stereocenters. The molecule has 9 heteroatoms. The Balaban J connectivity index is 1.86. The van der Waals surface area contributed by atoms with Crippen molar-refractivity contribution in [2.75, 3.05) is 11.5 Å². The molecule has 0 radical (unpaired) electrons. The zero-order chi connectivity index (χ0) is 21.0. The Bertz CT molecular complexity index is 1040. The van der Waals surface area contributed by atoms with Crippen molar-refractivity contribution in [1.29, 1.82) is 0 Å². The van der Waals surface area contributed by atoms with E-state index < -0.39 is 17.6 Å². The molecule has 0 fully saturated rings. The Morgan fingerprint density at radius 1 is 1.17 bits per heavy atom. The molecule has 3 aromatic rings. The zero-order valence-electron chi connectivity index (χ0n) is 15.5. The number of nitrogens with zero attached hydrogens (tertiary/aromatic N) is 2. The Morgan fingerprint density at radius 2 is 1.90 bits per heavy atom. The second-order valence-electron chi connectivity index (χ2n) is 6.10. The largest absolute Gasteiger partial charge is 0.466 e. The molecule has 29 heavy (non-hydrogen) atoms. The fourth-order valence-corrected chi connectivity index (χ4v) is 3.80. The lowest BCUT2D eigenvalue weighted by atomic mass is 10.2. The van der Waals surface area contributed by atoms with Crippen LogP contribution in [0.3, 0.4) is 0 Å². The number of anilines is 1. The van der Waals surface area contributed by atoms with Crippen molar-refractivity contribution in [3.05, 3.63) is 58.1 Å². The van der Waals surface area contributed by atoms with Crippen molar-refractivity contribution in [2.45, 2.75) is 26.3 Å². The highest BCUT2D eigenvalue weighted by Gasteiger charge is 2.20. The van der Waals surface area contributed by atoms with E-state index in [9.17, 15) is 18.4 Å². The third-order valence-electron chi connectivity index (χ3n) is 4.03. The van der Waals surface area contributed by atoms with Crippen molar-refractivity contribution < 1.29 is 23.1 Å². The van der Waals surface area contributed by atoms with Crippen molar-refractivity contribution in [3.63, 3.8) is 0 Å². The smallest absolute Gasteiger partial charge is 0.306 e. The van der Waals surface area contributed by atoms with Crippen LogP contribution in [-0.4, -0.2) is 23.5 Å². The maximum Gasteiger partial charge on any atom is 0.306 e. The molecule has 2 aromatic carbocycles. The van der Waals surface area contributed by atoms with Crippen molar-refractivity contribution in [1.82, 2.24) is 4.98 Å². The van der Waals surface area contributed by atoms with Gasteiger partial charge in [0.1, 0.15) is 16.6 Å². The van der Waals surface area contributed by atoms with Crippen LogP contribution in [0.15, 0.2) is 36.4 Å². The Morgan fingerprint density at radius 3 is 2.59 bits per heavy atom. The van der Waals surface area contributed by atoms with Gasteiger partial charge < -0.3 is 9.64 Å². The lowest BCUT2D eigenvalue weighted by Gasteiger charge is -2.22. The average Bonchev–Trinajstić information content (AvgIpc) is 3.08. The Hall–Kier alpha value is -2.58. The molecule has 3 rings (SSSR count). The number of hydrogen-bond donors (Lipinski definition) is 0. The van der Waals surface area contributed by atoms with Crippen LogP contribution in [0.4, 0.5) is 14.5 Å². The van der Waals surface area contributed by atoms with E-state index in [1.165, 1.54) is 4.90 Å². The summed E-state index contributed by atoms with van der Waals surface area (Å²) < 4.78 is 32.5. The molecule has 1 heterocycles. The van der Waals surface area contributed by atoms with Crippen molar-refractivity contribution in [2.24, 2.45) is 0 Å². The zero-order valence-corrected chi connectivity index (χ0v) is 17.0. The van der Waals surface area contributed by atoms with Crippen LogP contribution in [0.1, 0.15) is 24.8 Å². The summed E-state index contributed by atoms with van der Waals surface area (Å²) in [6.45, 7) is 1.97. The highest BCUT2D eigenvalue weighted by atomic mass is 35.5. The minimum Gasteiger partial charge on any atom is -0.466 e. The fraction of sp³-hybridized carbons (Fsp3) is 0.250. The van der Waals surface area contributed by atoms with E-state index in [0.717, 1.165) is 23.5 Å². The first kappa shape index (κ1) is 21.1. The number of thiazole rings is 1. The quantitative estimate of drug-likeness (QED) is 0.481. The third-order valence-corrected chi connectivity index (χ3v) is 5.35. The number of ether oxygens (including phenoxy) is 1. The standard InChI is InChI=1S/C20H17ClF2N2O3S/c1-2-28-19(27)8-7-18(26)25(14-5-3-12(21)4-6-14)11-17-24-16-10-13(22)9-15(23)20(16)29-17/h3-6,9-10H,2,7-8,11H2,1H3. The van der Waals surface area contributed by atoms with Crippen molar-refractivity contribution >= 4 is 50.7 Å². The predicted molar refractivity (Wildman–Crippen MR) is 108 cm³/mol. The number of carbonyl (C=O) groups excluding carboxylic acids is 2. The van der Waals surface area contributed by atoms with E-state index in [4.69, 9.17) is 16.3 Å². The topological polar surface area (TPSA) is 59.5 Å². The molecule has 0 aliphatic rings. The van der Waals surface area contributed by atoms with Crippen LogP contribution >= 0.6 is 22.9 Å². The molecule has 0 bridgehead atoms. The van der Waals surface area contributed by atoms with Gasteiger partial charge in [-0.15, -0.1) is 11.3 Å². The van der Waals surface area contributed by atoms with Gasteiger partial charge in [-0.1, -0.05) is 11.6 Å². The van der Waals surface area contributed by atoms with Gasteiger partial charge >= 0.3 is 5.97 Å². The number of amides is 1. The second-order valence-corrected chi connectivity index (χ2v) is 7.62. The van der Waals surface area contributed by atoms with Crippen LogP contribution in [-0.2, 0) is 20.9 Å². The molecular formula is C20H17ClF2N2O3S. The van der Waals surface area contributed by atoms with Crippen LogP contribution < -0.4 is 4.90 Å². The number of rotatable bonds is 7. The highest BCUT2D eigenvalue weighted by molar-refractivity contribution is 7.18. The van der Waals surface area contributed by atoms with E-state index in [1.807, 2.05) is 0 Å². The lowest BCUT2D eigenvalue weighted by Crippen LogP contribution is -2.30. The first-order valence-electron chi connectivity index (χ1n) is 8.83. The van der Waals surface area contributed by atoms with Gasteiger partial charge in [-0.25, -0.2) is 13.8 Å². The fourth-order valence-electron chi connectivity index (χ4n) is 2.73. The van der Waals surface area contributed by atoms with E-state index in [-0.39, 0.29) is 42.1 Å². The highest BCUT2D eigenvalue weighted by Crippen LogP contribution is 2.29.